The molecule has 116 valence electrons. The lowest BCUT2D eigenvalue weighted by atomic mass is 9.95. The third-order valence-corrected chi connectivity index (χ3v) is 4.41. The Labute approximate surface area is 132 Å². The van der Waals surface area contributed by atoms with Crippen LogP contribution in [-0.2, 0) is 9.53 Å². The number of carbonyl (C=O) groups is 1. The van der Waals surface area contributed by atoms with Crippen LogP contribution in [0, 0.1) is 5.92 Å². The zero-order valence-corrected chi connectivity index (χ0v) is 12.9. The number of hydrogen-bond acceptors (Lipinski definition) is 3. The van der Waals surface area contributed by atoms with Crippen molar-refractivity contribution in [3.8, 4) is 0 Å². The highest BCUT2D eigenvalue weighted by Crippen LogP contribution is 2.28. The topological polar surface area (TPSA) is 55.6 Å². The van der Waals surface area contributed by atoms with Gasteiger partial charge in [0.15, 0.2) is 0 Å². The monoisotopic (exact) mass is 310 g/mol. The molecule has 5 heteroatoms. The molecule has 1 unspecified atom stereocenters. The van der Waals surface area contributed by atoms with E-state index in [9.17, 15) is 4.79 Å². The Bertz CT molecular complexity index is 463. The van der Waals surface area contributed by atoms with Crippen molar-refractivity contribution in [3.05, 3.63) is 35.9 Å². The van der Waals surface area contributed by atoms with E-state index in [1.807, 2.05) is 23.1 Å². The number of carbonyl (C=O) groups excluding carboxylic acids is 1. The van der Waals surface area contributed by atoms with Crippen LogP contribution in [0.4, 0.5) is 0 Å². The fourth-order valence-electron chi connectivity index (χ4n) is 3.26. The molecule has 1 aromatic carbocycles. The van der Waals surface area contributed by atoms with Crippen molar-refractivity contribution in [2.75, 3.05) is 26.3 Å². The first-order valence-electron chi connectivity index (χ1n) is 7.43. The zero-order valence-electron chi connectivity index (χ0n) is 12.1. The highest BCUT2D eigenvalue weighted by atomic mass is 35.5. The van der Waals surface area contributed by atoms with Gasteiger partial charge in [0.1, 0.15) is 0 Å². The largest absolute Gasteiger partial charge is 0.381 e. The number of hydrogen-bond donors (Lipinski definition) is 1. The molecule has 3 atom stereocenters. The molecule has 0 spiro atoms. The van der Waals surface area contributed by atoms with E-state index in [1.54, 1.807) is 0 Å². The maximum Gasteiger partial charge on any atom is 0.228 e. The van der Waals surface area contributed by atoms with Crippen LogP contribution in [0.25, 0.3) is 0 Å². The number of likely N-dealkylation sites (tertiary alicyclic amines) is 1. The molecule has 0 radical (unpaired) electrons. The number of halogens is 1. The molecule has 2 fully saturated rings. The highest BCUT2D eigenvalue weighted by molar-refractivity contribution is 5.85. The van der Waals surface area contributed by atoms with Gasteiger partial charge in [0.25, 0.3) is 0 Å². The van der Waals surface area contributed by atoms with Crippen molar-refractivity contribution in [3.63, 3.8) is 0 Å². The molecule has 4 nitrogen and oxygen atoms in total. The molecule has 1 aromatic rings. The third kappa shape index (κ3) is 3.57. The van der Waals surface area contributed by atoms with Crippen LogP contribution in [0.1, 0.15) is 24.3 Å². The summed E-state index contributed by atoms with van der Waals surface area (Å²) in [6, 6.07) is 10.3. The Hall–Kier alpha value is -1.10. The van der Waals surface area contributed by atoms with E-state index in [2.05, 4.69) is 12.1 Å². The summed E-state index contributed by atoms with van der Waals surface area (Å²) in [5.74, 6) is 0.508. The number of ether oxygens (including phenoxy) is 1. The van der Waals surface area contributed by atoms with Crippen LogP contribution >= 0.6 is 12.4 Å². The highest BCUT2D eigenvalue weighted by Gasteiger charge is 2.36. The Balaban J connectivity index is 0.00000161. The van der Waals surface area contributed by atoms with E-state index in [4.69, 9.17) is 10.5 Å². The number of rotatable bonds is 2. The summed E-state index contributed by atoms with van der Waals surface area (Å²) >= 11 is 0. The van der Waals surface area contributed by atoms with Crippen molar-refractivity contribution in [1.82, 2.24) is 4.90 Å². The van der Waals surface area contributed by atoms with Crippen LogP contribution in [0.3, 0.4) is 0 Å². The molecule has 21 heavy (non-hydrogen) atoms. The summed E-state index contributed by atoms with van der Waals surface area (Å²) in [4.78, 5) is 14.4. The van der Waals surface area contributed by atoms with Crippen molar-refractivity contribution in [2.45, 2.75) is 24.8 Å². The summed E-state index contributed by atoms with van der Waals surface area (Å²) in [5, 5.41) is 0. The van der Waals surface area contributed by atoms with E-state index in [1.165, 1.54) is 5.56 Å². The molecule has 2 saturated heterocycles. The molecule has 2 N–H and O–H groups in total. The predicted molar refractivity (Wildman–Crippen MR) is 84.5 cm³/mol. The van der Waals surface area contributed by atoms with E-state index in [0.717, 1.165) is 26.0 Å². The first kappa shape index (κ1) is 16.3. The number of nitrogens with two attached hydrogens (primary N) is 1. The smallest absolute Gasteiger partial charge is 0.228 e. The summed E-state index contributed by atoms with van der Waals surface area (Å²) in [6.07, 6.45) is 1.93. The normalized spacial score (nSPS) is 29.0. The van der Waals surface area contributed by atoms with Crippen molar-refractivity contribution >= 4 is 18.3 Å². The Kier molecular flexibility index (Phi) is 5.62. The van der Waals surface area contributed by atoms with Crippen LogP contribution in [0.15, 0.2) is 30.3 Å². The quantitative estimate of drug-likeness (QED) is 0.906. The van der Waals surface area contributed by atoms with Gasteiger partial charge in [-0.3, -0.25) is 4.79 Å². The number of benzene rings is 1. The van der Waals surface area contributed by atoms with Gasteiger partial charge in [0.05, 0.1) is 12.5 Å². The molecule has 3 rings (SSSR count). The molecular formula is C16H23ClN2O2. The minimum atomic E-state index is 0. The SMILES string of the molecule is Cl.N[C@@H]1CN(C(=O)C2CCCOC2)C[C@H]1c1ccccc1. The van der Waals surface area contributed by atoms with Crippen molar-refractivity contribution < 1.29 is 9.53 Å². The molecule has 0 aliphatic carbocycles. The van der Waals surface area contributed by atoms with Gasteiger partial charge >= 0.3 is 0 Å². The second-order valence-corrected chi connectivity index (χ2v) is 5.84. The molecular weight excluding hydrogens is 288 g/mol. The lowest BCUT2D eigenvalue weighted by Gasteiger charge is -2.26. The standard InChI is InChI=1S/C16H22N2O2.ClH/c17-15-10-18(16(19)13-7-4-8-20-11-13)9-14(15)12-5-2-1-3-6-12;/h1-3,5-6,13-15H,4,7-11,17H2;1H/t13?,14-,15+;/m0./s1. The number of nitrogens with zero attached hydrogens (tertiary/aromatic N) is 1. The van der Waals surface area contributed by atoms with Gasteiger partial charge in [-0.05, 0) is 18.4 Å². The second-order valence-electron chi connectivity index (χ2n) is 5.84. The van der Waals surface area contributed by atoms with Gasteiger partial charge in [-0.25, -0.2) is 0 Å². The maximum absolute atomic E-state index is 12.5. The Morgan fingerprint density at radius 1 is 1.24 bits per heavy atom. The average molecular weight is 311 g/mol. The molecule has 2 aliphatic rings. The second kappa shape index (κ2) is 7.25. The lowest BCUT2D eigenvalue weighted by Crippen LogP contribution is -2.39. The van der Waals surface area contributed by atoms with Gasteiger partial charge in [-0.2, -0.15) is 0 Å². The fourth-order valence-corrected chi connectivity index (χ4v) is 3.26. The van der Waals surface area contributed by atoms with Crippen molar-refractivity contribution in [2.24, 2.45) is 11.7 Å². The molecule has 1 amide bonds. The third-order valence-electron chi connectivity index (χ3n) is 4.41. The minimum Gasteiger partial charge on any atom is -0.381 e. The summed E-state index contributed by atoms with van der Waals surface area (Å²) in [7, 11) is 0. The first-order chi connectivity index (χ1) is 9.75. The molecule has 0 bridgehead atoms. The lowest BCUT2D eigenvalue weighted by molar-refractivity contribution is -0.138. The van der Waals surface area contributed by atoms with Gasteiger partial charge in [0.2, 0.25) is 5.91 Å². The van der Waals surface area contributed by atoms with Crippen LogP contribution in [-0.4, -0.2) is 43.2 Å². The molecule has 2 aliphatic heterocycles. The maximum atomic E-state index is 12.5. The number of amides is 1. The van der Waals surface area contributed by atoms with Gasteiger partial charge in [-0.1, -0.05) is 30.3 Å². The van der Waals surface area contributed by atoms with Crippen molar-refractivity contribution in [1.29, 1.82) is 0 Å². The van der Waals surface area contributed by atoms with Gasteiger partial charge < -0.3 is 15.4 Å². The summed E-state index contributed by atoms with van der Waals surface area (Å²) < 4.78 is 5.42. The van der Waals surface area contributed by atoms with E-state index in [-0.39, 0.29) is 36.2 Å². The Morgan fingerprint density at radius 3 is 2.67 bits per heavy atom. The van der Waals surface area contributed by atoms with Crippen LogP contribution < -0.4 is 5.73 Å². The van der Waals surface area contributed by atoms with E-state index in [0.29, 0.717) is 13.2 Å². The predicted octanol–water partition coefficient (Wildman–Crippen LogP) is 1.79. The fraction of sp³-hybridized carbons (Fsp3) is 0.562. The summed E-state index contributed by atoms with van der Waals surface area (Å²) in [6.45, 7) is 2.76. The van der Waals surface area contributed by atoms with Gasteiger partial charge in [-0.15, -0.1) is 12.4 Å². The summed E-state index contributed by atoms with van der Waals surface area (Å²) in [5.41, 5.74) is 7.48. The average Bonchev–Trinajstić information content (AvgIpc) is 2.90. The van der Waals surface area contributed by atoms with Crippen LogP contribution in [0.2, 0.25) is 0 Å². The van der Waals surface area contributed by atoms with Gasteiger partial charge in [0, 0.05) is 31.7 Å². The molecule has 0 aromatic heterocycles. The zero-order chi connectivity index (χ0) is 13.9. The van der Waals surface area contributed by atoms with E-state index >= 15 is 0 Å². The van der Waals surface area contributed by atoms with Crippen LogP contribution in [0.5, 0.6) is 0 Å². The van der Waals surface area contributed by atoms with E-state index < -0.39 is 0 Å². The molecule has 2 heterocycles. The minimum absolute atomic E-state index is 0. The molecule has 0 saturated carbocycles. The Morgan fingerprint density at radius 2 is 2.00 bits per heavy atom. The first-order valence-corrected chi connectivity index (χ1v) is 7.43.